The average molecular weight is 1000 g/mol. The van der Waals surface area contributed by atoms with Crippen molar-refractivity contribution in [3.63, 3.8) is 0 Å². The number of unbranched alkanes of at least 4 members (excludes halogenated alkanes) is 31. The van der Waals surface area contributed by atoms with Crippen molar-refractivity contribution >= 4 is 17.9 Å². The molecule has 0 fully saturated rings. The maximum absolute atomic E-state index is 12.8. The van der Waals surface area contributed by atoms with Crippen molar-refractivity contribution in [3.8, 4) is 0 Å². The molecule has 0 N–H and O–H groups in total. The van der Waals surface area contributed by atoms with E-state index in [-0.39, 0.29) is 31.6 Å². The summed E-state index contributed by atoms with van der Waals surface area (Å²) in [4.78, 5) is 38.1. The van der Waals surface area contributed by atoms with Gasteiger partial charge in [0, 0.05) is 12.8 Å². The van der Waals surface area contributed by atoms with E-state index in [9.17, 15) is 14.4 Å². The Labute approximate surface area is 445 Å². The fourth-order valence-electron chi connectivity index (χ4n) is 8.57. The van der Waals surface area contributed by atoms with Crippen LogP contribution in [-0.4, -0.2) is 37.2 Å². The molecule has 0 aromatic heterocycles. The van der Waals surface area contributed by atoms with Gasteiger partial charge < -0.3 is 14.2 Å². The summed E-state index contributed by atoms with van der Waals surface area (Å²) in [5.74, 6) is -1.05. The highest BCUT2D eigenvalue weighted by Gasteiger charge is 2.19. The smallest absolute Gasteiger partial charge is 0.310 e. The van der Waals surface area contributed by atoms with E-state index in [0.29, 0.717) is 12.8 Å². The van der Waals surface area contributed by atoms with E-state index in [0.717, 1.165) is 83.5 Å². The molecule has 0 aromatic carbocycles. The highest BCUT2D eigenvalue weighted by Crippen LogP contribution is 2.16. The van der Waals surface area contributed by atoms with E-state index in [1.54, 1.807) is 6.08 Å². The summed E-state index contributed by atoms with van der Waals surface area (Å²) in [5, 5.41) is 0. The average Bonchev–Trinajstić information content (AvgIpc) is 3.38. The minimum Gasteiger partial charge on any atom is -0.462 e. The van der Waals surface area contributed by atoms with Crippen LogP contribution in [0.15, 0.2) is 85.1 Å². The Morgan fingerprint density at radius 1 is 0.306 bits per heavy atom. The van der Waals surface area contributed by atoms with Gasteiger partial charge in [0.05, 0.1) is 6.42 Å². The summed E-state index contributed by atoms with van der Waals surface area (Å²) in [7, 11) is 0. The highest BCUT2D eigenvalue weighted by atomic mass is 16.6. The summed E-state index contributed by atoms with van der Waals surface area (Å²) in [6, 6.07) is 0. The number of hydrogen-bond donors (Lipinski definition) is 0. The highest BCUT2D eigenvalue weighted by molar-refractivity contribution is 5.72. The number of hydrogen-bond acceptors (Lipinski definition) is 6. The molecule has 0 spiro atoms. The fraction of sp³-hybridized carbons (Fsp3) is 0.742. The van der Waals surface area contributed by atoms with Gasteiger partial charge in [0.1, 0.15) is 13.2 Å². The molecule has 0 saturated heterocycles. The van der Waals surface area contributed by atoms with E-state index in [2.05, 4.69) is 93.7 Å². The van der Waals surface area contributed by atoms with Gasteiger partial charge in [-0.3, -0.25) is 14.4 Å². The predicted molar refractivity (Wildman–Crippen MR) is 311 cm³/mol. The van der Waals surface area contributed by atoms with Crippen LogP contribution in [0.25, 0.3) is 0 Å². The van der Waals surface area contributed by atoms with Crippen molar-refractivity contribution in [3.05, 3.63) is 85.1 Å². The second kappa shape index (κ2) is 60.1. The Morgan fingerprint density at radius 3 is 0.903 bits per heavy atom. The minimum absolute atomic E-state index is 0.0957. The van der Waals surface area contributed by atoms with E-state index in [1.807, 2.05) is 6.08 Å². The molecule has 0 aliphatic heterocycles. The summed E-state index contributed by atoms with van der Waals surface area (Å²) in [6.07, 6.45) is 79.1. The van der Waals surface area contributed by atoms with Gasteiger partial charge in [0.2, 0.25) is 0 Å². The van der Waals surface area contributed by atoms with Crippen molar-refractivity contribution in [1.29, 1.82) is 0 Å². The predicted octanol–water partition coefficient (Wildman–Crippen LogP) is 20.7. The third-order valence-corrected chi connectivity index (χ3v) is 13.1. The van der Waals surface area contributed by atoms with Gasteiger partial charge in [-0.1, -0.05) is 266 Å². The van der Waals surface area contributed by atoms with Crippen LogP contribution >= 0.6 is 0 Å². The Balaban J connectivity index is 4.35. The van der Waals surface area contributed by atoms with Crippen LogP contribution in [0.2, 0.25) is 0 Å². The molecule has 0 radical (unpaired) electrons. The summed E-state index contributed by atoms with van der Waals surface area (Å²) in [6.45, 7) is 6.45. The van der Waals surface area contributed by atoms with Crippen molar-refractivity contribution in [2.75, 3.05) is 13.2 Å². The lowest BCUT2D eigenvalue weighted by molar-refractivity contribution is -0.166. The van der Waals surface area contributed by atoms with Gasteiger partial charge in [-0.05, 0) is 96.3 Å². The first kappa shape index (κ1) is 68.6. The number of carbonyl (C=O) groups is 3. The summed E-state index contributed by atoms with van der Waals surface area (Å²) >= 11 is 0. The number of ether oxygens (including phenoxy) is 3. The molecule has 414 valence electrons. The second-order valence-corrected chi connectivity index (χ2v) is 20.2. The lowest BCUT2D eigenvalue weighted by atomic mass is 10.0. The number of allylic oxidation sites excluding steroid dienone is 13. The van der Waals surface area contributed by atoms with Gasteiger partial charge in [0.15, 0.2) is 6.10 Å². The van der Waals surface area contributed by atoms with Crippen LogP contribution in [0.3, 0.4) is 0 Å². The topological polar surface area (TPSA) is 78.9 Å². The second-order valence-electron chi connectivity index (χ2n) is 20.2. The molecule has 1 unspecified atom stereocenters. The molecule has 0 amide bonds. The molecule has 0 saturated carbocycles. The first-order valence-electron chi connectivity index (χ1n) is 30.6. The number of carbonyl (C=O) groups excluding carboxylic acids is 3. The van der Waals surface area contributed by atoms with E-state index < -0.39 is 12.1 Å². The van der Waals surface area contributed by atoms with E-state index in [4.69, 9.17) is 14.2 Å². The van der Waals surface area contributed by atoms with Gasteiger partial charge in [-0.25, -0.2) is 0 Å². The molecular formula is C66H114O6. The summed E-state index contributed by atoms with van der Waals surface area (Å²) in [5.41, 5.74) is 0. The van der Waals surface area contributed by atoms with Gasteiger partial charge in [-0.2, -0.15) is 0 Å². The molecule has 0 aliphatic rings. The first-order valence-corrected chi connectivity index (χ1v) is 30.6. The van der Waals surface area contributed by atoms with Crippen LogP contribution in [0.4, 0.5) is 0 Å². The van der Waals surface area contributed by atoms with Crippen molar-refractivity contribution in [2.24, 2.45) is 0 Å². The first-order chi connectivity index (χ1) is 35.5. The molecule has 1 atom stereocenters. The van der Waals surface area contributed by atoms with Crippen molar-refractivity contribution in [2.45, 2.75) is 303 Å². The molecule has 0 aromatic rings. The van der Waals surface area contributed by atoms with Crippen LogP contribution < -0.4 is 0 Å². The normalized spacial score (nSPS) is 12.7. The maximum Gasteiger partial charge on any atom is 0.310 e. The zero-order chi connectivity index (χ0) is 52.2. The van der Waals surface area contributed by atoms with E-state index >= 15 is 0 Å². The van der Waals surface area contributed by atoms with Crippen molar-refractivity contribution < 1.29 is 28.6 Å². The fourth-order valence-corrected chi connectivity index (χ4v) is 8.57. The standard InChI is InChI=1S/C66H114O6/c1-4-7-10-13-16-19-22-25-28-29-30-31-32-33-34-35-36-37-39-41-44-47-50-53-56-59-65(68)71-62-63(61-70-64(67)58-55-52-49-46-43-40-27-24-21-18-15-12-9-6-3)72-66(69)60-57-54-51-48-45-42-38-26-23-20-17-14-11-8-5-2/h8,11,17,20,24,26-27,29-30,38,45,48,54,57,63H,4-7,9-10,12-16,18-19,21-23,25,28,31-37,39-44,46-47,49-53,55-56,58-62H2,1-3H3/b11-8-,20-17-,27-24-,30-29-,38-26-,48-45-,57-54-. The molecule has 72 heavy (non-hydrogen) atoms. The number of esters is 3. The Bertz CT molecular complexity index is 1380. The molecule has 6 heteroatoms. The Morgan fingerprint density at radius 2 is 0.583 bits per heavy atom. The lowest BCUT2D eigenvalue weighted by Crippen LogP contribution is -2.30. The minimum atomic E-state index is -0.834. The largest absolute Gasteiger partial charge is 0.462 e. The van der Waals surface area contributed by atoms with Gasteiger partial charge >= 0.3 is 17.9 Å². The molecule has 6 nitrogen and oxygen atoms in total. The van der Waals surface area contributed by atoms with Gasteiger partial charge in [0.25, 0.3) is 0 Å². The van der Waals surface area contributed by atoms with Crippen LogP contribution in [0.5, 0.6) is 0 Å². The SMILES string of the molecule is CC/C=C\C/C=C\C/C=C\C/C=C\C/C=C\CC(=O)OC(COC(=O)CCCCCCC/C=C\CCCCCCC)COC(=O)CCCCCCCCCCCCCCC/C=C\CCCCCCCCCC. The van der Waals surface area contributed by atoms with Gasteiger partial charge in [-0.15, -0.1) is 0 Å². The third kappa shape index (κ3) is 57.5. The van der Waals surface area contributed by atoms with Crippen LogP contribution in [0, 0.1) is 0 Å². The Kier molecular flexibility index (Phi) is 57.3. The van der Waals surface area contributed by atoms with Crippen molar-refractivity contribution in [1.82, 2.24) is 0 Å². The monoisotopic (exact) mass is 1000 g/mol. The zero-order valence-electron chi connectivity index (χ0n) is 47.4. The van der Waals surface area contributed by atoms with E-state index in [1.165, 1.54) is 173 Å². The molecule has 0 rings (SSSR count). The van der Waals surface area contributed by atoms with Crippen LogP contribution in [0.1, 0.15) is 297 Å². The lowest BCUT2D eigenvalue weighted by Gasteiger charge is -2.18. The zero-order valence-corrected chi connectivity index (χ0v) is 47.4. The quantitative estimate of drug-likeness (QED) is 0.0261. The molecule has 0 aliphatic carbocycles. The molecular weight excluding hydrogens is 889 g/mol. The number of rotatable bonds is 55. The Hall–Kier alpha value is -3.41. The maximum atomic E-state index is 12.8. The molecule has 0 heterocycles. The van der Waals surface area contributed by atoms with Crippen LogP contribution in [-0.2, 0) is 28.6 Å². The molecule has 0 bridgehead atoms. The summed E-state index contributed by atoms with van der Waals surface area (Å²) < 4.78 is 16.8. The third-order valence-electron chi connectivity index (χ3n) is 13.1.